The lowest BCUT2D eigenvalue weighted by molar-refractivity contribution is -0.660. The summed E-state index contributed by atoms with van der Waals surface area (Å²) in [7, 11) is 0. The molecule has 0 aliphatic carbocycles. The van der Waals surface area contributed by atoms with Crippen LogP contribution in [0.25, 0.3) is 17.1 Å². The molecule has 2 aromatic heterocycles. The van der Waals surface area contributed by atoms with Crippen LogP contribution in [0.2, 0.25) is 0 Å². The van der Waals surface area contributed by atoms with Crippen LogP contribution in [-0.2, 0) is 9.63 Å². The summed E-state index contributed by atoms with van der Waals surface area (Å²) in [5.74, 6) is -1.22. The van der Waals surface area contributed by atoms with Gasteiger partial charge in [-0.2, -0.15) is 5.11 Å². The summed E-state index contributed by atoms with van der Waals surface area (Å²) < 4.78 is 6.20. The Morgan fingerprint density at radius 2 is 1.88 bits per heavy atom. The van der Waals surface area contributed by atoms with E-state index in [4.69, 9.17) is 9.36 Å². The van der Waals surface area contributed by atoms with E-state index in [-0.39, 0.29) is 16.5 Å². The average molecular weight is 447 g/mol. The molecule has 0 unspecified atom stereocenters. The van der Waals surface area contributed by atoms with Crippen molar-refractivity contribution in [3.05, 3.63) is 77.9 Å². The number of carbonyl (C=O) groups is 1. The number of anilines is 1. The number of nitrogens with one attached hydrogen (secondary N) is 1. The van der Waals surface area contributed by atoms with E-state index in [0.717, 1.165) is 0 Å². The summed E-state index contributed by atoms with van der Waals surface area (Å²) in [5.41, 5.74) is 4.54. The van der Waals surface area contributed by atoms with Gasteiger partial charge >= 0.3 is 5.97 Å². The zero-order valence-electron chi connectivity index (χ0n) is 16.2. The van der Waals surface area contributed by atoms with Crippen LogP contribution >= 0.6 is 11.3 Å². The Bertz CT molecular complexity index is 1320. The number of benzene rings is 2. The molecule has 11 nitrogen and oxygen atoms in total. The molecule has 5 rings (SSSR count). The molecule has 4 aromatic rings. The van der Waals surface area contributed by atoms with Gasteiger partial charge in [0, 0.05) is 17.5 Å². The highest BCUT2D eigenvalue weighted by Gasteiger charge is 2.29. The number of rotatable bonds is 5. The standard InChI is InChI=1S/C20H13N7O4S/c28-18-16(26(24-30-18)13-7-3-1-4-8-13)11-21-23-20-22-15(12-32-20)17-19(29)31-25-27(17)14-9-5-2-6-10-14/h1-12,24H/b16-11+,23-21?. The van der Waals surface area contributed by atoms with Crippen molar-refractivity contribution in [1.82, 2.24) is 15.8 Å². The van der Waals surface area contributed by atoms with Gasteiger partial charge in [-0.15, -0.1) is 16.5 Å². The normalized spacial score (nSPS) is 15.1. The van der Waals surface area contributed by atoms with Crippen molar-refractivity contribution >= 4 is 28.1 Å². The van der Waals surface area contributed by atoms with Gasteiger partial charge in [0.2, 0.25) is 10.8 Å². The first-order valence-electron chi connectivity index (χ1n) is 9.24. The van der Waals surface area contributed by atoms with Crippen molar-refractivity contribution < 1.29 is 23.9 Å². The Morgan fingerprint density at radius 1 is 1.12 bits per heavy atom. The van der Waals surface area contributed by atoms with E-state index in [1.807, 2.05) is 36.4 Å². The molecule has 1 saturated heterocycles. The summed E-state index contributed by atoms with van der Waals surface area (Å²) in [5, 5.41) is 27.4. The average Bonchev–Trinajstić information content (AvgIpc) is 3.54. The minimum atomic E-state index is -0.622. The fourth-order valence-electron chi connectivity index (χ4n) is 2.92. The quantitative estimate of drug-likeness (QED) is 0.280. The van der Waals surface area contributed by atoms with Crippen molar-refractivity contribution in [2.75, 3.05) is 5.01 Å². The van der Waals surface area contributed by atoms with E-state index in [9.17, 15) is 9.90 Å². The highest BCUT2D eigenvalue weighted by molar-refractivity contribution is 7.13. The van der Waals surface area contributed by atoms with E-state index < -0.39 is 11.9 Å². The molecule has 0 radical (unpaired) electrons. The van der Waals surface area contributed by atoms with Gasteiger partial charge in [-0.05, 0) is 16.8 Å². The number of hydrogen-bond donors (Lipinski definition) is 1. The molecule has 0 saturated carbocycles. The molecule has 0 amide bonds. The molecule has 12 heteroatoms. The number of carbonyl (C=O) groups excluding carboxylic acids is 1. The first kappa shape index (κ1) is 19.5. The van der Waals surface area contributed by atoms with Crippen molar-refractivity contribution in [3.63, 3.8) is 0 Å². The lowest BCUT2D eigenvalue weighted by atomic mass is 10.3. The van der Waals surface area contributed by atoms with Gasteiger partial charge in [-0.3, -0.25) is 0 Å². The summed E-state index contributed by atoms with van der Waals surface area (Å²) in [6, 6.07) is 18.2. The van der Waals surface area contributed by atoms with Crippen LogP contribution in [0.15, 0.2) is 92.7 Å². The Hall–Kier alpha value is -4.42. The largest absolute Gasteiger partial charge is 0.539 e. The second kappa shape index (κ2) is 8.37. The number of hydrogen-bond acceptors (Lipinski definition) is 11. The fraction of sp³-hybridized carbons (Fsp3) is 0. The highest BCUT2D eigenvalue weighted by atomic mass is 32.1. The van der Waals surface area contributed by atoms with E-state index in [1.165, 1.54) is 27.2 Å². The zero-order valence-corrected chi connectivity index (χ0v) is 17.0. The van der Waals surface area contributed by atoms with E-state index >= 15 is 0 Å². The summed E-state index contributed by atoms with van der Waals surface area (Å²) in [6.07, 6.45) is 1.26. The summed E-state index contributed by atoms with van der Waals surface area (Å²) >= 11 is 1.17. The lowest BCUT2D eigenvalue weighted by Crippen LogP contribution is -2.34. The Labute approximate surface area is 184 Å². The Morgan fingerprint density at radius 3 is 2.66 bits per heavy atom. The third kappa shape index (κ3) is 3.71. The van der Waals surface area contributed by atoms with Crippen molar-refractivity contribution in [3.8, 4) is 23.0 Å². The van der Waals surface area contributed by atoms with Gasteiger partial charge in [0.05, 0.1) is 17.2 Å². The maximum atomic E-state index is 12.2. The predicted molar refractivity (Wildman–Crippen MR) is 109 cm³/mol. The lowest BCUT2D eigenvalue weighted by Gasteiger charge is -2.14. The molecule has 1 aliphatic rings. The Balaban J connectivity index is 1.40. The molecule has 32 heavy (non-hydrogen) atoms. The monoisotopic (exact) mass is 447 g/mol. The predicted octanol–water partition coefficient (Wildman–Crippen LogP) is 2.56. The second-order valence-electron chi connectivity index (χ2n) is 6.35. The molecular formula is C20H13N7O4S. The molecule has 0 spiro atoms. The van der Waals surface area contributed by atoms with Crippen LogP contribution < -0.4 is 20.4 Å². The van der Waals surface area contributed by atoms with Gasteiger partial charge < -0.3 is 14.5 Å². The molecule has 2 aromatic carbocycles. The van der Waals surface area contributed by atoms with Crippen LogP contribution in [0.4, 0.5) is 10.8 Å². The van der Waals surface area contributed by atoms with Crippen molar-refractivity contribution in [1.29, 1.82) is 0 Å². The maximum Gasteiger partial charge on any atom is 0.378 e. The topological polar surface area (TPSA) is 132 Å². The number of nitrogens with zero attached hydrogens (tertiary/aromatic N) is 6. The smallest absolute Gasteiger partial charge is 0.378 e. The van der Waals surface area contributed by atoms with E-state index in [2.05, 4.69) is 26.1 Å². The van der Waals surface area contributed by atoms with Gasteiger partial charge in [0.25, 0.3) is 5.69 Å². The van der Waals surface area contributed by atoms with Gasteiger partial charge in [-0.25, -0.2) is 14.8 Å². The number of aromatic nitrogens is 3. The van der Waals surface area contributed by atoms with Crippen LogP contribution in [0.3, 0.4) is 0 Å². The van der Waals surface area contributed by atoms with Gasteiger partial charge in [0.15, 0.2) is 17.3 Å². The molecule has 0 bridgehead atoms. The van der Waals surface area contributed by atoms with Crippen LogP contribution in [0.1, 0.15) is 0 Å². The van der Waals surface area contributed by atoms with Crippen LogP contribution in [-0.4, -0.2) is 16.2 Å². The number of hydrazine groups is 1. The van der Waals surface area contributed by atoms with Crippen LogP contribution in [0, 0.1) is 0 Å². The van der Waals surface area contributed by atoms with Crippen molar-refractivity contribution in [2.45, 2.75) is 0 Å². The molecule has 3 heterocycles. The van der Waals surface area contributed by atoms with Crippen molar-refractivity contribution in [2.24, 2.45) is 10.2 Å². The maximum absolute atomic E-state index is 12.2. The third-order valence-corrected chi connectivity index (χ3v) is 5.09. The van der Waals surface area contributed by atoms with Crippen LogP contribution in [0.5, 0.6) is 5.95 Å². The summed E-state index contributed by atoms with van der Waals surface area (Å²) in [6.45, 7) is 0. The summed E-state index contributed by atoms with van der Waals surface area (Å²) in [4.78, 5) is 21.2. The van der Waals surface area contributed by atoms with Gasteiger partial charge in [0.1, 0.15) is 0 Å². The first-order chi connectivity index (χ1) is 15.7. The first-order valence-corrected chi connectivity index (χ1v) is 10.1. The highest BCUT2D eigenvalue weighted by Crippen LogP contribution is 2.30. The molecule has 1 N–H and O–H groups in total. The zero-order chi connectivity index (χ0) is 21.9. The molecule has 158 valence electrons. The van der Waals surface area contributed by atoms with E-state index in [0.29, 0.717) is 17.1 Å². The minimum absolute atomic E-state index is 0.152. The molecular weight excluding hydrogens is 434 g/mol. The molecule has 0 atom stereocenters. The fourth-order valence-corrected chi connectivity index (χ4v) is 3.54. The molecule has 1 aliphatic heterocycles. The minimum Gasteiger partial charge on any atom is -0.539 e. The Kier molecular flexibility index (Phi) is 5.11. The third-order valence-electron chi connectivity index (χ3n) is 4.36. The second-order valence-corrected chi connectivity index (χ2v) is 7.19. The molecule has 1 fully saturated rings. The van der Waals surface area contributed by atoms with E-state index in [1.54, 1.807) is 29.6 Å². The SMILES string of the molecule is O=C1ONN(c2ccccc2)/C1=C/N=Nc1nc(-c2c([O-])on[n+]2-c2ccccc2)cs1. The number of azo groups is 1. The van der Waals surface area contributed by atoms with Gasteiger partial charge in [-0.1, -0.05) is 42.0 Å². The number of thiazole rings is 1. The number of para-hydroxylation sites is 2.